The summed E-state index contributed by atoms with van der Waals surface area (Å²) >= 11 is 0. The Bertz CT molecular complexity index is 234. The summed E-state index contributed by atoms with van der Waals surface area (Å²) in [6.45, 7) is 9.97. The predicted octanol–water partition coefficient (Wildman–Crippen LogP) is 1.70. The zero-order valence-electron chi connectivity index (χ0n) is 10.5. The Morgan fingerprint density at radius 2 is 2.38 bits per heavy atom. The minimum atomic E-state index is 0.0733. The van der Waals surface area contributed by atoms with Crippen LogP contribution in [0.25, 0.3) is 0 Å². The monoisotopic (exact) mass is 224 g/mol. The highest BCUT2D eigenvalue weighted by Crippen LogP contribution is 2.22. The van der Waals surface area contributed by atoms with Gasteiger partial charge >= 0.3 is 0 Å². The van der Waals surface area contributed by atoms with E-state index >= 15 is 0 Å². The minimum Gasteiger partial charge on any atom is -0.350 e. The molecule has 3 nitrogen and oxygen atoms in total. The number of piperidine rings is 1. The van der Waals surface area contributed by atoms with E-state index in [0.717, 1.165) is 13.1 Å². The van der Waals surface area contributed by atoms with E-state index in [4.69, 9.17) is 0 Å². The van der Waals surface area contributed by atoms with Gasteiger partial charge in [0.25, 0.3) is 0 Å². The van der Waals surface area contributed by atoms with Gasteiger partial charge in [-0.1, -0.05) is 13.0 Å². The van der Waals surface area contributed by atoms with Crippen LogP contribution in [0.4, 0.5) is 0 Å². The molecule has 0 aromatic heterocycles. The van der Waals surface area contributed by atoms with Crippen molar-refractivity contribution in [2.24, 2.45) is 11.8 Å². The molecule has 1 fully saturated rings. The molecule has 0 saturated carbocycles. The van der Waals surface area contributed by atoms with E-state index in [1.54, 1.807) is 6.08 Å². The van der Waals surface area contributed by atoms with Crippen LogP contribution in [0.15, 0.2) is 12.7 Å². The minimum absolute atomic E-state index is 0.0733. The van der Waals surface area contributed by atoms with Crippen molar-refractivity contribution in [1.29, 1.82) is 0 Å². The lowest BCUT2D eigenvalue weighted by atomic mass is 9.85. The van der Waals surface area contributed by atoms with Gasteiger partial charge in [-0.3, -0.25) is 4.79 Å². The van der Waals surface area contributed by atoms with Crippen molar-refractivity contribution in [3.8, 4) is 0 Å². The third kappa shape index (κ3) is 4.35. The van der Waals surface area contributed by atoms with Crippen LogP contribution in [0.5, 0.6) is 0 Å². The zero-order chi connectivity index (χ0) is 12.0. The number of hydrogen-bond donors (Lipinski definition) is 2. The highest BCUT2D eigenvalue weighted by molar-refractivity contribution is 5.76. The Morgan fingerprint density at radius 3 is 2.94 bits per heavy atom. The van der Waals surface area contributed by atoms with Crippen LogP contribution in [-0.4, -0.2) is 25.0 Å². The molecule has 2 N–H and O–H groups in total. The van der Waals surface area contributed by atoms with Crippen molar-refractivity contribution < 1.29 is 4.79 Å². The summed E-state index contributed by atoms with van der Waals surface area (Å²) in [6, 6.07) is 0.0733. The number of hydrogen-bond acceptors (Lipinski definition) is 2. The molecule has 1 aliphatic rings. The Labute approximate surface area is 98.7 Å². The lowest BCUT2D eigenvalue weighted by molar-refractivity contribution is -0.122. The Balaban J connectivity index is 2.29. The first-order valence-electron chi connectivity index (χ1n) is 6.26. The Hall–Kier alpha value is -0.830. The van der Waals surface area contributed by atoms with E-state index in [1.165, 1.54) is 12.8 Å². The normalized spacial score (nSPS) is 24.5. The maximum atomic E-state index is 11.7. The van der Waals surface area contributed by atoms with Crippen LogP contribution in [-0.2, 0) is 4.79 Å². The second-order valence-corrected chi connectivity index (χ2v) is 4.88. The molecule has 0 aromatic carbocycles. The van der Waals surface area contributed by atoms with Crippen molar-refractivity contribution >= 4 is 5.91 Å². The molecular weight excluding hydrogens is 200 g/mol. The molecule has 3 unspecified atom stereocenters. The van der Waals surface area contributed by atoms with Gasteiger partial charge in [0.05, 0.1) is 0 Å². The fourth-order valence-electron chi connectivity index (χ4n) is 2.20. The lowest BCUT2D eigenvalue weighted by Gasteiger charge is -2.28. The number of carbonyl (C=O) groups excluding carboxylic acids is 1. The van der Waals surface area contributed by atoms with E-state index in [2.05, 4.69) is 24.1 Å². The average Bonchev–Trinajstić information content (AvgIpc) is 2.29. The highest BCUT2D eigenvalue weighted by Gasteiger charge is 2.22. The standard InChI is InChI=1S/C13H24N2O/c1-4-11(3)15-13(16)8-10(2)12-6-5-7-14-9-12/h4,10-12,14H,1,5-9H2,2-3H3,(H,15,16). The van der Waals surface area contributed by atoms with Gasteiger partial charge in [0, 0.05) is 12.5 Å². The van der Waals surface area contributed by atoms with Crippen molar-refractivity contribution in [2.75, 3.05) is 13.1 Å². The topological polar surface area (TPSA) is 41.1 Å². The number of rotatable bonds is 5. The molecule has 1 rings (SSSR count). The van der Waals surface area contributed by atoms with Gasteiger partial charge in [-0.15, -0.1) is 6.58 Å². The smallest absolute Gasteiger partial charge is 0.220 e. The van der Waals surface area contributed by atoms with Gasteiger partial charge in [-0.2, -0.15) is 0 Å². The second kappa shape index (κ2) is 6.69. The van der Waals surface area contributed by atoms with E-state index in [9.17, 15) is 4.79 Å². The third-order valence-corrected chi connectivity index (χ3v) is 3.39. The highest BCUT2D eigenvalue weighted by atomic mass is 16.1. The fraction of sp³-hybridized carbons (Fsp3) is 0.769. The van der Waals surface area contributed by atoms with Crippen LogP contribution in [0.1, 0.15) is 33.1 Å². The third-order valence-electron chi connectivity index (χ3n) is 3.39. The molecule has 0 bridgehead atoms. The SMILES string of the molecule is C=CC(C)NC(=O)CC(C)C1CCCNC1. The van der Waals surface area contributed by atoms with Crippen LogP contribution >= 0.6 is 0 Å². The maximum absolute atomic E-state index is 11.7. The molecule has 3 atom stereocenters. The second-order valence-electron chi connectivity index (χ2n) is 4.88. The molecule has 1 heterocycles. The first-order valence-corrected chi connectivity index (χ1v) is 6.26. The van der Waals surface area contributed by atoms with E-state index in [1.807, 2.05) is 6.92 Å². The summed E-state index contributed by atoms with van der Waals surface area (Å²) in [5, 5.41) is 6.32. The molecule has 16 heavy (non-hydrogen) atoms. The first-order chi connectivity index (χ1) is 7.63. The van der Waals surface area contributed by atoms with Gasteiger partial charge in [-0.25, -0.2) is 0 Å². The van der Waals surface area contributed by atoms with Crippen LogP contribution < -0.4 is 10.6 Å². The van der Waals surface area contributed by atoms with Crippen molar-refractivity contribution in [3.05, 3.63) is 12.7 Å². The van der Waals surface area contributed by atoms with Crippen molar-refractivity contribution in [1.82, 2.24) is 10.6 Å². The summed E-state index contributed by atoms with van der Waals surface area (Å²) in [6.07, 6.45) is 4.87. The maximum Gasteiger partial charge on any atom is 0.220 e. The number of carbonyl (C=O) groups is 1. The summed E-state index contributed by atoms with van der Waals surface area (Å²) in [7, 11) is 0. The molecule has 3 heteroatoms. The van der Waals surface area contributed by atoms with Crippen molar-refractivity contribution in [3.63, 3.8) is 0 Å². The van der Waals surface area contributed by atoms with Gasteiger partial charge in [0.15, 0.2) is 0 Å². The van der Waals surface area contributed by atoms with Gasteiger partial charge in [0.1, 0.15) is 0 Å². The lowest BCUT2D eigenvalue weighted by Crippen LogP contribution is -2.37. The molecule has 92 valence electrons. The van der Waals surface area contributed by atoms with Gasteiger partial charge in [0.2, 0.25) is 5.91 Å². The molecule has 0 aromatic rings. The molecule has 0 spiro atoms. The van der Waals surface area contributed by atoms with Gasteiger partial charge in [-0.05, 0) is 44.7 Å². The van der Waals surface area contributed by atoms with E-state index in [0.29, 0.717) is 18.3 Å². The Kier molecular flexibility index (Phi) is 5.53. The summed E-state index contributed by atoms with van der Waals surface area (Å²) < 4.78 is 0. The van der Waals surface area contributed by atoms with E-state index < -0.39 is 0 Å². The average molecular weight is 224 g/mol. The fourth-order valence-corrected chi connectivity index (χ4v) is 2.20. The summed E-state index contributed by atoms with van der Waals surface area (Å²) in [5.41, 5.74) is 0. The summed E-state index contributed by atoms with van der Waals surface area (Å²) in [4.78, 5) is 11.7. The molecular formula is C13H24N2O. The summed E-state index contributed by atoms with van der Waals surface area (Å²) in [5.74, 6) is 1.26. The Morgan fingerprint density at radius 1 is 1.62 bits per heavy atom. The quantitative estimate of drug-likeness (QED) is 0.698. The zero-order valence-corrected chi connectivity index (χ0v) is 10.5. The first kappa shape index (κ1) is 13.2. The van der Waals surface area contributed by atoms with Crippen molar-refractivity contribution in [2.45, 2.75) is 39.2 Å². The molecule has 1 aliphatic heterocycles. The predicted molar refractivity (Wildman–Crippen MR) is 67.2 cm³/mol. The molecule has 1 saturated heterocycles. The van der Waals surface area contributed by atoms with Gasteiger partial charge < -0.3 is 10.6 Å². The molecule has 0 radical (unpaired) electrons. The van der Waals surface area contributed by atoms with Crippen LogP contribution in [0.3, 0.4) is 0 Å². The molecule has 1 amide bonds. The van der Waals surface area contributed by atoms with Crippen LogP contribution in [0.2, 0.25) is 0 Å². The number of amides is 1. The van der Waals surface area contributed by atoms with E-state index in [-0.39, 0.29) is 11.9 Å². The molecule has 0 aliphatic carbocycles. The van der Waals surface area contributed by atoms with Crippen LogP contribution in [0, 0.1) is 11.8 Å². The number of nitrogens with one attached hydrogen (secondary N) is 2. The largest absolute Gasteiger partial charge is 0.350 e.